The summed E-state index contributed by atoms with van der Waals surface area (Å²) in [6, 6.07) is 9.48. The fourth-order valence-corrected chi connectivity index (χ4v) is 5.36. The maximum absolute atomic E-state index is 12.6. The highest BCUT2D eigenvalue weighted by atomic mass is 32.2. The lowest BCUT2D eigenvalue weighted by atomic mass is 10.1. The van der Waals surface area contributed by atoms with Gasteiger partial charge in [-0.1, -0.05) is 42.1 Å². The largest absolute Gasteiger partial charge is 0.293 e. The molecule has 0 bridgehead atoms. The number of aromatic nitrogens is 2. The zero-order valence-corrected chi connectivity index (χ0v) is 14.4. The average Bonchev–Trinajstić information content (AvgIpc) is 3.16. The normalized spacial score (nSPS) is 14.8. The third-order valence-corrected chi connectivity index (χ3v) is 6.48. The van der Waals surface area contributed by atoms with E-state index in [1.807, 2.05) is 37.3 Å². The van der Waals surface area contributed by atoms with E-state index in [0.717, 1.165) is 28.3 Å². The zero-order chi connectivity index (χ0) is 15.8. The van der Waals surface area contributed by atoms with Crippen LogP contribution in [-0.2, 0) is 12.8 Å². The Bertz CT molecular complexity index is 873. The number of rotatable bonds is 4. The Hall–Kier alpha value is -1.72. The number of fused-ring (bicyclic) bond motifs is 3. The summed E-state index contributed by atoms with van der Waals surface area (Å²) in [5.74, 6) is 0.147. The minimum atomic E-state index is -0.160. The molecule has 23 heavy (non-hydrogen) atoms. The molecule has 2 aromatic heterocycles. The standard InChI is InChI=1S/C18H16N2OS2/c1-11(16(21)12-6-3-2-4-7-12)22-17-15-13-8-5-9-14(13)23-18(15)20-10-19-17/h2-4,6-7,10-11H,5,8-9H2,1H3. The molecule has 0 amide bonds. The molecule has 116 valence electrons. The van der Waals surface area contributed by atoms with Crippen LogP contribution < -0.4 is 0 Å². The third-order valence-electron chi connectivity index (χ3n) is 4.18. The van der Waals surface area contributed by atoms with Crippen LogP contribution in [0, 0.1) is 0 Å². The van der Waals surface area contributed by atoms with Gasteiger partial charge in [-0.25, -0.2) is 9.97 Å². The number of nitrogens with zero attached hydrogens (tertiary/aromatic N) is 2. The summed E-state index contributed by atoms with van der Waals surface area (Å²) in [6.07, 6.45) is 5.10. The minimum Gasteiger partial charge on any atom is -0.293 e. The summed E-state index contributed by atoms with van der Waals surface area (Å²) in [7, 11) is 0. The molecular weight excluding hydrogens is 324 g/mol. The number of hydrogen-bond donors (Lipinski definition) is 0. The smallest absolute Gasteiger partial charge is 0.175 e. The van der Waals surface area contributed by atoms with E-state index in [9.17, 15) is 4.79 Å². The molecule has 5 heteroatoms. The highest BCUT2D eigenvalue weighted by molar-refractivity contribution is 8.00. The molecule has 4 rings (SSSR count). The Morgan fingerprint density at radius 3 is 2.87 bits per heavy atom. The Labute approximate surface area is 143 Å². The Morgan fingerprint density at radius 1 is 1.22 bits per heavy atom. The van der Waals surface area contributed by atoms with Crippen molar-refractivity contribution in [2.75, 3.05) is 0 Å². The molecule has 0 N–H and O–H groups in total. The van der Waals surface area contributed by atoms with Crippen molar-refractivity contribution in [3.8, 4) is 0 Å². The molecule has 1 unspecified atom stereocenters. The number of thioether (sulfide) groups is 1. The van der Waals surface area contributed by atoms with E-state index in [1.54, 1.807) is 29.4 Å². The van der Waals surface area contributed by atoms with Crippen LogP contribution in [-0.4, -0.2) is 21.0 Å². The quantitative estimate of drug-likeness (QED) is 0.397. The average molecular weight is 340 g/mol. The molecule has 0 fully saturated rings. The van der Waals surface area contributed by atoms with Crippen LogP contribution >= 0.6 is 23.1 Å². The van der Waals surface area contributed by atoms with E-state index < -0.39 is 0 Å². The first kappa shape index (κ1) is 14.8. The van der Waals surface area contributed by atoms with Crippen LogP contribution in [0.1, 0.15) is 34.1 Å². The summed E-state index contributed by atoms with van der Waals surface area (Å²) in [5, 5.41) is 1.97. The highest BCUT2D eigenvalue weighted by Crippen LogP contribution is 2.41. The van der Waals surface area contributed by atoms with Crippen molar-refractivity contribution in [1.82, 2.24) is 9.97 Å². The molecule has 0 aliphatic heterocycles. The first-order valence-electron chi connectivity index (χ1n) is 7.75. The molecule has 3 aromatic rings. The van der Waals surface area contributed by atoms with Crippen LogP contribution in [0.25, 0.3) is 10.2 Å². The van der Waals surface area contributed by atoms with Gasteiger partial charge in [0.2, 0.25) is 0 Å². The number of thiophene rings is 1. The molecule has 0 saturated carbocycles. The van der Waals surface area contributed by atoms with Crippen molar-refractivity contribution in [3.63, 3.8) is 0 Å². The number of carbonyl (C=O) groups excluding carboxylic acids is 1. The first-order valence-corrected chi connectivity index (χ1v) is 9.45. The lowest BCUT2D eigenvalue weighted by Crippen LogP contribution is -2.13. The monoisotopic (exact) mass is 340 g/mol. The summed E-state index contributed by atoms with van der Waals surface area (Å²) in [6.45, 7) is 1.96. The van der Waals surface area contributed by atoms with Crippen molar-refractivity contribution in [2.45, 2.75) is 36.5 Å². The second-order valence-corrected chi connectivity index (χ2v) is 8.12. The number of Topliss-reactive ketones (excluding diaryl/α,β-unsaturated/α-hetero) is 1. The van der Waals surface area contributed by atoms with E-state index in [4.69, 9.17) is 0 Å². The molecule has 1 aliphatic rings. The highest BCUT2D eigenvalue weighted by Gasteiger charge is 2.24. The Kier molecular flexibility index (Phi) is 3.91. The molecule has 0 saturated heterocycles. The molecule has 0 spiro atoms. The fourth-order valence-electron chi connectivity index (χ4n) is 3.05. The molecule has 3 nitrogen and oxygen atoms in total. The number of carbonyl (C=O) groups is 1. The summed E-state index contributed by atoms with van der Waals surface area (Å²) >= 11 is 3.34. The summed E-state index contributed by atoms with van der Waals surface area (Å²) in [5.41, 5.74) is 2.17. The van der Waals surface area contributed by atoms with Crippen LogP contribution in [0.15, 0.2) is 41.7 Å². The molecule has 1 aromatic carbocycles. The summed E-state index contributed by atoms with van der Waals surface area (Å²) < 4.78 is 0. The predicted molar refractivity (Wildman–Crippen MR) is 95.5 cm³/mol. The molecular formula is C18H16N2OS2. The van der Waals surface area contributed by atoms with E-state index in [2.05, 4.69) is 9.97 Å². The third kappa shape index (κ3) is 2.68. The van der Waals surface area contributed by atoms with E-state index in [0.29, 0.717) is 0 Å². The number of ketones is 1. The molecule has 2 heterocycles. The topological polar surface area (TPSA) is 42.9 Å². The van der Waals surface area contributed by atoms with Gasteiger partial charge in [0.25, 0.3) is 0 Å². The van der Waals surface area contributed by atoms with Crippen molar-refractivity contribution in [2.24, 2.45) is 0 Å². The number of aryl methyl sites for hydroxylation is 2. The van der Waals surface area contributed by atoms with E-state index >= 15 is 0 Å². The Balaban J connectivity index is 1.66. The fraction of sp³-hybridized carbons (Fsp3) is 0.278. The van der Waals surface area contributed by atoms with Crippen molar-refractivity contribution >= 4 is 39.1 Å². The van der Waals surface area contributed by atoms with Crippen LogP contribution in [0.2, 0.25) is 0 Å². The van der Waals surface area contributed by atoms with Gasteiger partial charge in [-0.3, -0.25) is 4.79 Å². The van der Waals surface area contributed by atoms with Gasteiger partial charge in [-0.2, -0.15) is 0 Å². The van der Waals surface area contributed by atoms with Crippen LogP contribution in [0.4, 0.5) is 0 Å². The van der Waals surface area contributed by atoms with Crippen molar-refractivity contribution < 1.29 is 4.79 Å². The maximum Gasteiger partial charge on any atom is 0.175 e. The number of hydrogen-bond acceptors (Lipinski definition) is 5. The lowest BCUT2D eigenvalue weighted by Gasteiger charge is -2.11. The van der Waals surface area contributed by atoms with Crippen LogP contribution in [0.5, 0.6) is 0 Å². The minimum absolute atomic E-state index is 0.147. The predicted octanol–water partition coefficient (Wildman–Crippen LogP) is 4.54. The second-order valence-electron chi connectivity index (χ2n) is 5.71. The van der Waals surface area contributed by atoms with Gasteiger partial charge in [-0.15, -0.1) is 11.3 Å². The molecule has 1 atom stereocenters. The summed E-state index contributed by atoms with van der Waals surface area (Å²) in [4.78, 5) is 24.0. The van der Waals surface area contributed by atoms with Gasteiger partial charge in [-0.05, 0) is 31.7 Å². The van der Waals surface area contributed by atoms with Crippen molar-refractivity contribution in [3.05, 3.63) is 52.7 Å². The zero-order valence-electron chi connectivity index (χ0n) is 12.8. The van der Waals surface area contributed by atoms with Gasteiger partial charge in [0, 0.05) is 15.8 Å². The van der Waals surface area contributed by atoms with Gasteiger partial charge >= 0.3 is 0 Å². The lowest BCUT2D eigenvalue weighted by molar-refractivity contribution is 0.0994. The van der Waals surface area contributed by atoms with Gasteiger partial charge in [0.1, 0.15) is 16.2 Å². The second kappa shape index (κ2) is 6.06. The van der Waals surface area contributed by atoms with Gasteiger partial charge in [0.05, 0.1) is 5.25 Å². The van der Waals surface area contributed by atoms with E-state index in [1.165, 1.54) is 22.2 Å². The Morgan fingerprint density at radius 2 is 2.04 bits per heavy atom. The molecule has 1 aliphatic carbocycles. The molecule has 0 radical (unpaired) electrons. The maximum atomic E-state index is 12.6. The van der Waals surface area contributed by atoms with E-state index in [-0.39, 0.29) is 11.0 Å². The van der Waals surface area contributed by atoms with Crippen molar-refractivity contribution in [1.29, 1.82) is 0 Å². The van der Waals surface area contributed by atoms with Gasteiger partial charge < -0.3 is 0 Å². The van der Waals surface area contributed by atoms with Gasteiger partial charge in [0.15, 0.2) is 5.78 Å². The first-order chi connectivity index (χ1) is 11.2. The SMILES string of the molecule is CC(Sc1ncnc2sc3c(c12)CCC3)C(=O)c1ccccc1. The van der Waals surface area contributed by atoms with Crippen LogP contribution in [0.3, 0.4) is 0 Å². The number of benzene rings is 1.